The van der Waals surface area contributed by atoms with Gasteiger partial charge in [0.25, 0.3) is 5.91 Å². The zero-order valence-electron chi connectivity index (χ0n) is 10.2. The molecule has 2 aromatic carbocycles. The summed E-state index contributed by atoms with van der Waals surface area (Å²) in [6, 6.07) is 8.32. The molecule has 0 heterocycles. The van der Waals surface area contributed by atoms with E-state index < -0.39 is 23.2 Å². The normalized spacial score (nSPS) is 10.3. The van der Waals surface area contributed by atoms with Crippen molar-refractivity contribution in [2.45, 2.75) is 6.92 Å². The number of para-hydroxylation sites is 1. The molecule has 0 atom stereocenters. The maximum Gasteiger partial charge on any atom is 0.258 e. The molecular formula is C14H12F2N2O. The summed E-state index contributed by atoms with van der Waals surface area (Å²) in [5.74, 6) is -2.30. The highest BCUT2D eigenvalue weighted by Gasteiger charge is 2.16. The molecule has 0 saturated carbocycles. The molecule has 0 aliphatic rings. The van der Waals surface area contributed by atoms with E-state index in [1.165, 1.54) is 6.07 Å². The summed E-state index contributed by atoms with van der Waals surface area (Å²) in [5, 5.41) is 2.21. The van der Waals surface area contributed by atoms with Gasteiger partial charge in [0.05, 0.1) is 5.56 Å². The van der Waals surface area contributed by atoms with Crippen LogP contribution in [-0.2, 0) is 0 Å². The lowest BCUT2D eigenvalue weighted by Gasteiger charge is -2.11. The Labute approximate surface area is 109 Å². The van der Waals surface area contributed by atoms with Gasteiger partial charge in [0.1, 0.15) is 17.3 Å². The number of hydrogen-bond acceptors (Lipinski definition) is 2. The summed E-state index contributed by atoms with van der Waals surface area (Å²) in [4.78, 5) is 12.0. The summed E-state index contributed by atoms with van der Waals surface area (Å²) in [7, 11) is 0. The molecule has 0 bridgehead atoms. The number of nitrogens with two attached hydrogens (primary N) is 1. The molecule has 5 heteroatoms. The first kappa shape index (κ1) is 13.0. The molecule has 0 radical (unpaired) electrons. The standard InChI is InChI=1S/C14H12F2N2O/c1-8-4-2-7-11(17)12(8)14(19)18-13-9(15)5-3-6-10(13)16/h2-7H,17H2,1H3,(H,18,19). The summed E-state index contributed by atoms with van der Waals surface area (Å²) in [5.41, 5.74) is 6.33. The molecule has 0 saturated heterocycles. The number of rotatable bonds is 2. The van der Waals surface area contributed by atoms with E-state index >= 15 is 0 Å². The molecule has 1 amide bonds. The summed E-state index contributed by atoms with van der Waals surface area (Å²) < 4.78 is 26.9. The number of aryl methyl sites for hydroxylation is 1. The minimum atomic E-state index is -0.833. The maximum atomic E-state index is 13.4. The molecule has 19 heavy (non-hydrogen) atoms. The summed E-state index contributed by atoms with van der Waals surface area (Å²) in [6.45, 7) is 1.70. The minimum absolute atomic E-state index is 0.213. The smallest absolute Gasteiger partial charge is 0.258 e. The molecule has 0 aromatic heterocycles. The zero-order chi connectivity index (χ0) is 14.0. The molecule has 2 aromatic rings. The van der Waals surface area contributed by atoms with Crippen LogP contribution in [0.1, 0.15) is 15.9 Å². The number of nitrogens with one attached hydrogen (secondary N) is 1. The van der Waals surface area contributed by atoms with E-state index in [2.05, 4.69) is 5.32 Å². The highest BCUT2D eigenvalue weighted by molar-refractivity contribution is 6.08. The second-order valence-corrected chi connectivity index (χ2v) is 4.09. The summed E-state index contributed by atoms with van der Waals surface area (Å²) >= 11 is 0. The maximum absolute atomic E-state index is 13.4. The van der Waals surface area contributed by atoms with Crippen LogP contribution in [0.15, 0.2) is 36.4 Å². The fourth-order valence-electron chi connectivity index (χ4n) is 1.79. The van der Waals surface area contributed by atoms with E-state index in [4.69, 9.17) is 5.73 Å². The number of anilines is 2. The molecule has 98 valence electrons. The van der Waals surface area contributed by atoms with Gasteiger partial charge in [-0.25, -0.2) is 8.78 Å². The van der Waals surface area contributed by atoms with Gasteiger partial charge in [-0.3, -0.25) is 4.79 Å². The minimum Gasteiger partial charge on any atom is -0.398 e. The molecule has 0 fully saturated rings. The third kappa shape index (κ3) is 2.54. The van der Waals surface area contributed by atoms with Gasteiger partial charge in [-0.2, -0.15) is 0 Å². The first-order valence-corrected chi connectivity index (χ1v) is 5.61. The monoisotopic (exact) mass is 262 g/mol. The average Bonchev–Trinajstić information content (AvgIpc) is 2.34. The molecule has 0 aliphatic carbocycles. The second kappa shape index (κ2) is 5.06. The van der Waals surface area contributed by atoms with Crippen LogP contribution < -0.4 is 11.1 Å². The number of benzene rings is 2. The Hall–Kier alpha value is -2.43. The first-order valence-electron chi connectivity index (χ1n) is 5.61. The third-order valence-corrected chi connectivity index (χ3v) is 2.73. The van der Waals surface area contributed by atoms with Crippen LogP contribution in [-0.4, -0.2) is 5.91 Å². The van der Waals surface area contributed by atoms with Crippen LogP contribution in [0.2, 0.25) is 0 Å². The average molecular weight is 262 g/mol. The Morgan fingerprint density at radius 1 is 1.11 bits per heavy atom. The molecule has 3 N–H and O–H groups in total. The van der Waals surface area contributed by atoms with Crippen LogP contribution in [0.25, 0.3) is 0 Å². The first-order chi connectivity index (χ1) is 9.00. The van der Waals surface area contributed by atoms with E-state index in [9.17, 15) is 13.6 Å². The van der Waals surface area contributed by atoms with Crippen molar-refractivity contribution in [3.8, 4) is 0 Å². The van der Waals surface area contributed by atoms with Crippen LogP contribution in [0.5, 0.6) is 0 Å². The Balaban J connectivity index is 2.37. The molecule has 0 aliphatic heterocycles. The van der Waals surface area contributed by atoms with Crippen molar-refractivity contribution in [2.75, 3.05) is 11.1 Å². The fraction of sp³-hybridized carbons (Fsp3) is 0.0714. The van der Waals surface area contributed by atoms with E-state index in [-0.39, 0.29) is 11.3 Å². The summed E-state index contributed by atoms with van der Waals surface area (Å²) in [6.07, 6.45) is 0. The van der Waals surface area contributed by atoms with Crippen LogP contribution >= 0.6 is 0 Å². The van der Waals surface area contributed by atoms with E-state index in [0.29, 0.717) is 5.56 Å². The van der Waals surface area contributed by atoms with Crippen molar-refractivity contribution >= 4 is 17.3 Å². The number of hydrogen-bond donors (Lipinski definition) is 2. The van der Waals surface area contributed by atoms with Crippen LogP contribution in [0.3, 0.4) is 0 Å². The van der Waals surface area contributed by atoms with E-state index in [1.54, 1.807) is 25.1 Å². The predicted octanol–water partition coefficient (Wildman–Crippen LogP) is 3.11. The van der Waals surface area contributed by atoms with Gasteiger partial charge >= 0.3 is 0 Å². The Morgan fingerprint density at radius 3 is 2.26 bits per heavy atom. The van der Waals surface area contributed by atoms with Crippen molar-refractivity contribution < 1.29 is 13.6 Å². The van der Waals surface area contributed by atoms with Gasteiger partial charge in [-0.1, -0.05) is 18.2 Å². The highest BCUT2D eigenvalue weighted by Crippen LogP contribution is 2.22. The van der Waals surface area contributed by atoms with Gasteiger partial charge < -0.3 is 11.1 Å². The van der Waals surface area contributed by atoms with Gasteiger partial charge in [0, 0.05) is 5.69 Å². The fourth-order valence-corrected chi connectivity index (χ4v) is 1.79. The topological polar surface area (TPSA) is 55.1 Å². The predicted molar refractivity (Wildman–Crippen MR) is 69.9 cm³/mol. The molecule has 0 spiro atoms. The lowest BCUT2D eigenvalue weighted by atomic mass is 10.1. The number of carbonyl (C=O) groups excluding carboxylic acids is 1. The van der Waals surface area contributed by atoms with Crippen LogP contribution in [0, 0.1) is 18.6 Å². The van der Waals surface area contributed by atoms with Gasteiger partial charge in [0.15, 0.2) is 0 Å². The van der Waals surface area contributed by atoms with Crippen molar-refractivity contribution in [2.24, 2.45) is 0 Å². The third-order valence-electron chi connectivity index (χ3n) is 2.73. The van der Waals surface area contributed by atoms with Crippen molar-refractivity contribution in [3.05, 3.63) is 59.2 Å². The number of amides is 1. The Morgan fingerprint density at radius 2 is 1.68 bits per heavy atom. The molecule has 0 unspecified atom stereocenters. The second-order valence-electron chi connectivity index (χ2n) is 4.09. The van der Waals surface area contributed by atoms with Gasteiger partial charge in [-0.05, 0) is 30.7 Å². The van der Waals surface area contributed by atoms with E-state index in [1.807, 2.05) is 0 Å². The molecule has 3 nitrogen and oxygen atoms in total. The van der Waals surface area contributed by atoms with Gasteiger partial charge in [-0.15, -0.1) is 0 Å². The lowest BCUT2D eigenvalue weighted by Crippen LogP contribution is -2.17. The highest BCUT2D eigenvalue weighted by atomic mass is 19.1. The van der Waals surface area contributed by atoms with E-state index in [0.717, 1.165) is 12.1 Å². The quantitative estimate of drug-likeness (QED) is 0.817. The number of nitrogen functional groups attached to an aromatic ring is 1. The zero-order valence-corrected chi connectivity index (χ0v) is 10.2. The lowest BCUT2D eigenvalue weighted by molar-refractivity contribution is 0.102. The van der Waals surface area contributed by atoms with Gasteiger partial charge in [0.2, 0.25) is 0 Å². The van der Waals surface area contributed by atoms with Crippen molar-refractivity contribution in [1.29, 1.82) is 0 Å². The molecule has 2 rings (SSSR count). The largest absolute Gasteiger partial charge is 0.398 e. The van der Waals surface area contributed by atoms with Crippen LogP contribution in [0.4, 0.5) is 20.2 Å². The Bertz CT molecular complexity index is 601. The molecular weight excluding hydrogens is 250 g/mol. The van der Waals surface area contributed by atoms with Crippen molar-refractivity contribution in [3.63, 3.8) is 0 Å². The van der Waals surface area contributed by atoms with Crippen molar-refractivity contribution in [1.82, 2.24) is 0 Å². The Kier molecular flexibility index (Phi) is 3.46. The SMILES string of the molecule is Cc1cccc(N)c1C(=O)Nc1c(F)cccc1F. The number of carbonyl (C=O) groups is 1. The number of halogens is 2.